The van der Waals surface area contributed by atoms with E-state index in [-0.39, 0.29) is 12.5 Å². The lowest BCUT2D eigenvalue weighted by Gasteiger charge is -2.09. The summed E-state index contributed by atoms with van der Waals surface area (Å²) in [4.78, 5) is 8.13. The molecule has 0 spiro atoms. The fourth-order valence-electron chi connectivity index (χ4n) is 1.04. The van der Waals surface area contributed by atoms with Crippen molar-refractivity contribution in [2.45, 2.75) is 26.1 Å². The first-order valence-electron chi connectivity index (χ1n) is 4.63. The Morgan fingerprint density at radius 2 is 2.19 bits per heavy atom. The molecule has 2 heterocycles. The van der Waals surface area contributed by atoms with Crippen molar-refractivity contribution >= 4 is 11.3 Å². The Labute approximate surface area is 95.6 Å². The summed E-state index contributed by atoms with van der Waals surface area (Å²) in [5.74, 6) is 0.463. The van der Waals surface area contributed by atoms with Crippen LogP contribution in [-0.2, 0) is 12.2 Å². The number of aliphatic hydroxyl groups is 2. The highest BCUT2D eigenvalue weighted by Gasteiger charge is 2.25. The van der Waals surface area contributed by atoms with E-state index in [2.05, 4.69) is 15.1 Å². The molecule has 7 heteroatoms. The SMILES string of the molecule is CC(C)(O)c1nc(-c2nc(CO)cs2)no1. The number of rotatable bonds is 3. The zero-order chi connectivity index (χ0) is 11.8. The molecule has 86 valence electrons. The standard InChI is InChI=1S/C9H11N3O3S/c1-9(2,14)8-11-6(12-15-8)7-10-5(3-13)4-16-7/h4,13-14H,3H2,1-2H3. The minimum Gasteiger partial charge on any atom is -0.390 e. The monoisotopic (exact) mass is 241 g/mol. The quantitative estimate of drug-likeness (QED) is 0.829. The maximum atomic E-state index is 9.65. The molecule has 0 aliphatic carbocycles. The molecule has 6 nitrogen and oxygen atoms in total. The Kier molecular flexibility index (Phi) is 2.75. The molecule has 0 fully saturated rings. The second-order valence-electron chi connectivity index (χ2n) is 3.78. The molecule has 0 aliphatic heterocycles. The second-order valence-corrected chi connectivity index (χ2v) is 4.64. The average molecular weight is 241 g/mol. The summed E-state index contributed by atoms with van der Waals surface area (Å²) in [5.41, 5.74) is -0.600. The maximum Gasteiger partial charge on any atom is 0.258 e. The van der Waals surface area contributed by atoms with Gasteiger partial charge in [0, 0.05) is 5.38 Å². The molecule has 0 saturated heterocycles. The fraction of sp³-hybridized carbons (Fsp3) is 0.444. The van der Waals surface area contributed by atoms with Gasteiger partial charge in [0.05, 0.1) is 12.3 Å². The van der Waals surface area contributed by atoms with Gasteiger partial charge < -0.3 is 14.7 Å². The van der Waals surface area contributed by atoms with Gasteiger partial charge in [-0.05, 0) is 13.8 Å². The van der Waals surface area contributed by atoms with Crippen LogP contribution < -0.4 is 0 Å². The summed E-state index contributed by atoms with van der Waals surface area (Å²) in [7, 11) is 0. The first-order valence-corrected chi connectivity index (χ1v) is 5.51. The number of hydrogen-bond donors (Lipinski definition) is 2. The van der Waals surface area contributed by atoms with E-state index in [0.717, 1.165) is 0 Å². The van der Waals surface area contributed by atoms with Gasteiger partial charge in [-0.2, -0.15) is 4.98 Å². The van der Waals surface area contributed by atoms with Gasteiger partial charge >= 0.3 is 0 Å². The van der Waals surface area contributed by atoms with Gasteiger partial charge in [0.1, 0.15) is 5.60 Å². The average Bonchev–Trinajstić information content (AvgIpc) is 2.85. The molecule has 0 bridgehead atoms. The van der Waals surface area contributed by atoms with Gasteiger partial charge in [0.15, 0.2) is 5.01 Å². The fourth-order valence-corrected chi connectivity index (χ4v) is 1.77. The number of aliphatic hydroxyl groups excluding tert-OH is 1. The molecule has 0 aliphatic rings. The summed E-state index contributed by atoms with van der Waals surface area (Å²) in [6.07, 6.45) is 0. The zero-order valence-electron chi connectivity index (χ0n) is 8.84. The summed E-state index contributed by atoms with van der Waals surface area (Å²) in [5, 5.41) is 24.5. The van der Waals surface area contributed by atoms with Crippen LogP contribution in [0.3, 0.4) is 0 Å². The third-order valence-corrected chi connectivity index (χ3v) is 2.74. The maximum absolute atomic E-state index is 9.65. The van der Waals surface area contributed by atoms with E-state index in [1.165, 1.54) is 11.3 Å². The minimum absolute atomic E-state index is 0.118. The van der Waals surface area contributed by atoms with E-state index in [4.69, 9.17) is 9.63 Å². The van der Waals surface area contributed by atoms with E-state index in [0.29, 0.717) is 16.5 Å². The van der Waals surface area contributed by atoms with Crippen LogP contribution in [0.25, 0.3) is 10.8 Å². The van der Waals surface area contributed by atoms with Crippen LogP contribution in [0, 0.1) is 0 Å². The molecular formula is C9H11N3O3S. The van der Waals surface area contributed by atoms with Gasteiger partial charge in [0.25, 0.3) is 5.89 Å². The Bertz CT molecular complexity index is 486. The largest absolute Gasteiger partial charge is 0.390 e. The highest BCUT2D eigenvalue weighted by Crippen LogP contribution is 2.24. The molecule has 2 N–H and O–H groups in total. The highest BCUT2D eigenvalue weighted by atomic mass is 32.1. The molecule has 2 rings (SSSR count). The predicted octanol–water partition coefficient (Wildman–Crippen LogP) is 0.913. The Morgan fingerprint density at radius 3 is 2.69 bits per heavy atom. The van der Waals surface area contributed by atoms with Gasteiger partial charge in [0.2, 0.25) is 5.82 Å². The van der Waals surface area contributed by atoms with Crippen molar-refractivity contribution in [3.63, 3.8) is 0 Å². The molecule has 2 aromatic heterocycles. The molecule has 0 saturated carbocycles. The van der Waals surface area contributed by atoms with Crippen molar-refractivity contribution in [3.05, 3.63) is 17.0 Å². The van der Waals surface area contributed by atoms with Crippen LogP contribution in [0.2, 0.25) is 0 Å². The number of thiazole rings is 1. The zero-order valence-corrected chi connectivity index (χ0v) is 9.65. The normalized spacial score (nSPS) is 12.0. The van der Waals surface area contributed by atoms with E-state index in [1.54, 1.807) is 19.2 Å². The highest BCUT2D eigenvalue weighted by molar-refractivity contribution is 7.13. The molecule has 16 heavy (non-hydrogen) atoms. The first-order chi connectivity index (χ1) is 7.50. The lowest BCUT2D eigenvalue weighted by Crippen LogP contribution is -2.15. The Hall–Kier alpha value is -1.31. The van der Waals surface area contributed by atoms with Gasteiger partial charge in [-0.3, -0.25) is 0 Å². The van der Waals surface area contributed by atoms with E-state index < -0.39 is 5.60 Å². The number of aromatic nitrogens is 3. The minimum atomic E-state index is -1.16. The summed E-state index contributed by atoms with van der Waals surface area (Å²) in [6, 6.07) is 0. The Balaban J connectivity index is 2.31. The van der Waals surface area contributed by atoms with E-state index in [1.807, 2.05) is 0 Å². The smallest absolute Gasteiger partial charge is 0.258 e. The topological polar surface area (TPSA) is 92.3 Å². The number of hydrogen-bond acceptors (Lipinski definition) is 7. The predicted molar refractivity (Wildman–Crippen MR) is 56.6 cm³/mol. The van der Waals surface area contributed by atoms with Gasteiger partial charge in [-0.25, -0.2) is 4.98 Å². The van der Waals surface area contributed by atoms with Crippen molar-refractivity contribution in [1.29, 1.82) is 0 Å². The van der Waals surface area contributed by atoms with Crippen molar-refractivity contribution < 1.29 is 14.7 Å². The van der Waals surface area contributed by atoms with Crippen LogP contribution in [0.4, 0.5) is 0 Å². The summed E-state index contributed by atoms with van der Waals surface area (Å²) < 4.78 is 4.92. The van der Waals surface area contributed by atoms with Crippen LogP contribution >= 0.6 is 11.3 Å². The third-order valence-electron chi connectivity index (χ3n) is 1.85. The molecule has 0 atom stereocenters. The van der Waals surface area contributed by atoms with Crippen molar-refractivity contribution in [2.75, 3.05) is 0 Å². The lowest BCUT2D eigenvalue weighted by molar-refractivity contribution is 0.0420. The molecule has 0 aromatic carbocycles. The van der Waals surface area contributed by atoms with Crippen LogP contribution in [0.1, 0.15) is 25.4 Å². The molecule has 0 radical (unpaired) electrons. The van der Waals surface area contributed by atoms with Crippen LogP contribution in [-0.4, -0.2) is 25.3 Å². The summed E-state index contributed by atoms with van der Waals surface area (Å²) in [6.45, 7) is 3.00. The van der Waals surface area contributed by atoms with Gasteiger partial charge in [-0.1, -0.05) is 5.16 Å². The van der Waals surface area contributed by atoms with Crippen molar-refractivity contribution in [3.8, 4) is 10.8 Å². The van der Waals surface area contributed by atoms with Gasteiger partial charge in [-0.15, -0.1) is 11.3 Å². The third kappa shape index (κ3) is 2.11. The molecule has 0 amide bonds. The second kappa shape index (κ2) is 3.93. The first kappa shape index (κ1) is 11.2. The number of nitrogens with zero attached hydrogens (tertiary/aromatic N) is 3. The Morgan fingerprint density at radius 1 is 1.44 bits per heavy atom. The molecule has 2 aromatic rings. The lowest BCUT2D eigenvalue weighted by atomic mass is 10.1. The van der Waals surface area contributed by atoms with Crippen molar-refractivity contribution in [1.82, 2.24) is 15.1 Å². The van der Waals surface area contributed by atoms with Crippen LogP contribution in [0.5, 0.6) is 0 Å². The summed E-state index contributed by atoms with van der Waals surface area (Å²) >= 11 is 1.31. The van der Waals surface area contributed by atoms with E-state index >= 15 is 0 Å². The van der Waals surface area contributed by atoms with Crippen molar-refractivity contribution in [2.24, 2.45) is 0 Å². The van der Waals surface area contributed by atoms with E-state index in [9.17, 15) is 5.11 Å². The van der Waals surface area contributed by atoms with Crippen LogP contribution in [0.15, 0.2) is 9.90 Å². The molecular weight excluding hydrogens is 230 g/mol. The molecule has 0 unspecified atom stereocenters.